The highest BCUT2D eigenvalue weighted by atomic mass is 16.6. The second kappa shape index (κ2) is 10.3. The molecule has 0 spiro atoms. The van der Waals surface area contributed by atoms with Crippen molar-refractivity contribution in [1.82, 2.24) is 10.4 Å². The summed E-state index contributed by atoms with van der Waals surface area (Å²) in [6.07, 6.45) is 1.35. The van der Waals surface area contributed by atoms with Crippen LogP contribution in [0.4, 0.5) is 0 Å². The van der Waals surface area contributed by atoms with E-state index in [1.165, 1.54) is 5.01 Å². The van der Waals surface area contributed by atoms with Gasteiger partial charge in [-0.2, -0.15) is 0 Å². The zero-order valence-electron chi connectivity index (χ0n) is 22.1. The van der Waals surface area contributed by atoms with E-state index in [0.717, 1.165) is 28.7 Å². The highest BCUT2D eigenvalue weighted by Crippen LogP contribution is 2.37. The van der Waals surface area contributed by atoms with Crippen LogP contribution in [-0.4, -0.2) is 35.7 Å². The fourth-order valence-electron chi connectivity index (χ4n) is 4.59. The minimum absolute atomic E-state index is 0.0748. The first-order valence-electron chi connectivity index (χ1n) is 12.3. The van der Waals surface area contributed by atoms with Gasteiger partial charge in [0.2, 0.25) is 5.91 Å². The number of carbonyl (C=O) groups is 2. The molecule has 2 amide bonds. The number of hydrogen-bond acceptors (Lipinski definition) is 5. The fraction of sp³-hybridized carbons (Fsp3) is 0.500. The van der Waals surface area contributed by atoms with E-state index in [1.54, 1.807) is 0 Å². The number of nitrogens with zero attached hydrogens (tertiary/aromatic N) is 1. The summed E-state index contributed by atoms with van der Waals surface area (Å²) in [4.78, 5) is 27.2. The molecule has 0 aromatic heterocycles. The van der Waals surface area contributed by atoms with Gasteiger partial charge in [-0.05, 0) is 56.5 Å². The van der Waals surface area contributed by atoms with Gasteiger partial charge in [0.25, 0.3) is 5.91 Å². The Morgan fingerprint density at radius 3 is 2.26 bits per heavy atom. The third kappa shape index (κ3) is 5.61. The van der Waals surface area contributed by atoms with Gasteiger partial charge in [0.05, 0.1) is 6.42 Å². The molecule has 7 heteroatoms. The number of nitrogens with two attached hydrogens (primary N) is 1. The summed E-state index contributed by atoms with van der Waals surface area (Å²) in [5.74, 6) is 0.701. The van der Waals surface area contributed by atoms with Gasteiger partial charge < -0.3 is 15.2 Å². The summed E-state index contributed by atoms with van der Waals surface area (Å²) in [7, 11) is 0. The Labute approximate surface area is 208 Å². The quantitative estimate of drug-likeness (QED) is 0.465. The maximum atomic E-state index is 13.9. The van der Waals surface area contributed by atoms with Crippen LogP contribution < -0.4 is 20.6 Å². The highest BCUT2D eigenvalue weighted by Gasteiger charge is 2.46. The smallest absolute Gasteiger partial charge is 0.274 e. The van der Waals surface area contributed by atoms with Gasteiger partial charge >= 0.3 is 0 Å². The third-order valence-electron chi connectivity index (χ3n) is 6.66. The molecule has 2 aromatic rings. The van der Waals surface area contributed by atoms with E-state index in [-0.39, 0.29) is 18.2 Å². The summed E-state index contributed by atoms with van der Waals surface area (Å²) < 4.78 is 11.4. The molecule has 1 aliphatic heterocycles. The van der Waals surface area contributed by atoms with Crippen molar-refractivity contribution in [2.75, 3.05) is 13.2 Å². The van der Waals surface area contributed by atoms with Crippen LogP contribution in [-0.2, 0) is 11.2 Å². The van der Waals surface area contributed by atoms with Crippen molar-refractivity contribution in [2.45, 2.75) is 73.4 Å². The molecule has 190 valence electrons. The second-order valence-electron chi connectivity index (χ2n) is 10.5. The van der Waals surface area contributed by atoms with E-state index in [1.807, 2.05) is 78.8 Å². The van der Waals surface area contributed by atoms with Crippen molar-refractivity contribution >= 4 is 11.8 Å². The van der Waals surface area contributed by atoms with E-state index in [4.69, 9.17) is 15.2 Å². The van der Waals surface area contributed by atoms with Crippen LogP contribution in [0, 0.1) is 26.2 Å². The molecule has 1 aliphatic rings. The Balaban J connectivity index is 1.96. The standard InChI is InChI=1S/C28H39N3O4/c1-8-11-28(29,27(5,6)7)31(26(33)22-15-18(2)14-19(3)16-22)30-24(32)17-21-9-10-23-25(20(21)4)35-13-12-34-23/h9-10,14-16H,8,11-13,17,29H2,1-7H3,(H,30,32)/t28-/m1/s1. The molecule has 2 aromatic carbocycles. The summed E-state index contributed by atoms with van der Waals surface area (Å²) in [5, 5.41) is 1.36. The predicted molar refractivity (Wildman–Crippen MR) is 137 cm³/mol. The van der Waals surface area contributed by atoms with Crippen LogP contribution in [0.3, 0.4) is 0 Å². The van der Waals surface area contributed by atoms with Crippen LogP contribution in [0.2, 0.25) is 0 Å². The second-order valence-corrected chi connectivity index (χ2v) is 10.5. The Morgan fingerprint density at radius 1 is 1.03 bits per heavy atom. The number of fused-ring (bicyclic) bond motifs is 1. The average Bonchev–Trinajstić information content (AvgIpc) is 2.78. The fourth-order valence-corrected chi connectivity index (χ4v) is 4.59. The largest absolute Gasteiger partial charge is 0.486 e. The van der Waals surface area contributed by atoms with Crippen molar-refractivity contribution in [3.63, 3.8) is 0 Å². The van der Waals surface area contributed by atoms with Gasteiger partial charge in [-0.15, -0.1) is 0 Å². The van der Waals surface area contributed by atoms with E-state index in [9.17, 15) is 9.59 Å². The number of nitrogens with one attached hydrogen (secondary N) is 1. The number of hydrazine groups is 1. The van der Waals surface area contributed by atoms with Crippen molar-refractivity contribution in [3.05, 3.63) is 58.1 Å². The van der Waals surface area contributed by atoms with Gasteiger partial charge in [0, 0.05) is 11.0 Å². The van der Waals surface area contributed by atoms with Crippen LogP contribution in [0.5, 0.6) is 11.5 Å². The SMILES string of the molecule is CCC[C@@](N)(N(NC(=O)Cc1ccc2c(c1C)OCCO2)C(=O)c1cc(C)cc(C)c1)C(C)(C)C. The first-order chi connectivity index (χ1) is 16.4. The number of hydrogen-bond donors (Lipinski definition) is 2. The first-order valence-corrected chi connectivity index (χ1v) is 12.3. The van der Waals surface area contributed by atoms with Gasteiger partial charge in [-0.1, -0.05) is 57.4 Å². The summed E-state index contributed by atoms with van der Waals surface area (Å²) in [6.45, 7) is 14.8. The Hall–Kier alpha value is -3.06. The molecule has 35 heavy (non-hydrogen) atoms. The molecule has 0 saturated carbocycles. The van der Waals surface area contributed by atoms with Gasteiger partial charge in [0.1, 0.15) is 18.9 Å². The topological polar surface area (TPSA) is 93.9 Å². The maximum absolute atomic E-state index is 13.9. The number of benzene rings is 2. The average molecular weight is 482 g/mol. The van der Waals surface area contributed by atoms with Crippen molar-refractivity contribution in [3.8, 4) is 11.5 Å². The number of rotatable bonds is 6. The zero-order chi connectivity index (χ0) is 26.0. The van der Waals surface area contributed by atoms with Crippen LogP contribution in [0.15, 0.2) is 30.3 Å². The highest BCUT2D eigenvalue weighted by molar-refractivity contribution is 5.96. The molecule has 0 aliphatic carbocycles. The number of aryl methyl sites for hydroxylation is 2. The van der Waals surface area contributed by atoms with Crippen molar-refractivity contribution in [1.29, 1.82) is 0 Å². The molecule has 0 bridgehead atoms. The van der Waals surface area contributed by atoms with E-state index < -0.39 is 11.1 Å². The number of ether oxygens (including phenoxy) is 2. The predicted octanol–water partition coefficient (Wildman–Crippen LogP) is 4.60. The molecule has 0 unspecified atom stereocenters. The lowest BCUT2D eigenvalue weighted by atomic mass is 9.77. The molecule has 0 saturated heterocycles. The normalized spacial score (nSPS) is 14.7. The van der Waals surface area contributed by atoms with Crippen LogP contribution in [0.1, 0.15) is 73.1 Å². The lowest BCUT2D eigenvalue weighted by Crippen LogP contribution is -2.70. The summed E-state index contributed by atoms with van der Waals surface area (Å²) >= 11 is 0. The van der Waals surface area contributed by atoms with Gasteiger partial charge in [0.15, 0.2) is 11.5 Å². The molecule has 3 N–H and O–H groups in total. The summed E-state index contributed by atoms with van der Waals surface area (Å²) in [5.41, 5.74) is 12.3. The van der Waals surface area contributed by atoms with Gasteiger partial charge in [-0.25, -0.2) is 5.01 Å². The molecule has 1 heterocycles. The molecule has 1 atom stereocenters. The number of carbonyl (C=O) groups excluding carboxylic acids is 2. The molecule has 0 radical (unpaired) electrons. The third-order valence-corrected chi connectivity index (χ3v) is 6.66. The van der Waals surface area contributed by atoms with Crippen molar-refractivity contribution < 1.29 is 19.1 Å². The monoisotopic (exact) mass is 481 g/mol. The lowest BCUT2D eigenvalue weighted by molar-refractivity contribution is -0.129. The minimum Gasteiger partial charge on any atom is -0.486 e. The van der Waals surface area contributed by atoms with E-state index >= 15 is 0 Å². The Bertz CT molecular complexity index is 1090. The van der Waals surface area contributed by atoms with E-state index in [2.05, 4.69) is 5.43 Å². The van der Waals surface area contributed by atoms with Gasteiger partial charge in [-0.3, -0.25) is 15.0 Å². The molecular weight excluding hydrogens is 442 g/mol. The Kier molecular flexibility index (Phi) is 7.80. The van der Waals surface area contributed by atoms with Crippen LogP contribution in [0.25, 0.3) is 0 Å². The zero-order valence-corrected chi connectivity index (χ0v) is 22.1. The van der Waals surface area contributed by atoms with E-state index in [0.29, 0.717) is 36.7 Å². The van der Waals surface area contributed by atoms with Crippen LogP contribution >= 0.6 is 0 Å². The first kappa shape index (κ1) is 26.5. The molecule has 7 nitrogen and oxygen atoms in total. The molecular formula is C28H39N3O4. The Morgan fingerprint density at radius 2 is 1.66 bits per heavy atom. The molecule has 0 fully saturated rings. The lowest BCUT2D eigenvalue weighted by Gasteiger charge is -2.49. The maximum Gasteiger partial charge on any atom is 0.274 e. The summed E-state index contributed by atoms with van der Waals surface area (Å²) in [6, 6.07) is 9.35. The number of amides is 2. The minimum atomic E-state index is -1.10. The molecule has 3 rings (SSSR count). The van der Waals surface area contributed by atoms with Crippen molar-refractivity contribution in [2.24, 2.45) is 11.1 Å².